The number of fused-ring (bicyclic) bond motifs is 3. The van der Waals surface area contributed by atoms with Crippen LogP contribution in [0, 0.1) is 0 Å². The number of likely N-dealkylation sites (tertiary alicyclic amines) is 4. The Kier molecular flexibility index (Phi) is 8.29. The lowest BCUT2D eigenvalue weighted by Crippen LogP contribution is -2.56. The highest BCUT2D eigenvalue weighted by Crippen LogP contribution is 2.44. The molecule has 5 aliphatic rings. The van der Waals surface area contributed by atoms with Crippen LogP contribution in [0.1, 0.15) is 75.3 Å². The monoisotopic (exact) mass is 626 g/mol. The van der Waals surface area contributed by atoms with Gasteiger partial charge in [0.05, 0.1) is 6.04 Å². The van der Waals surface area contributed by atoms with Gasteiger partial charge in [0.2, 0.25) is 17.7 Å². The summed E-state index contributed by atoms with van der Waals surface area (Å²) in [6.07, 6.45) is 4.62. The van der Waals surface area contributed by atoms with Crippen molar-refractivity contribution in [2.24, 2.45) is 0 Å². The van der Waals surface area contributed by atoms with Crippen LogP contribution in [0.4, 0.5) is 4.79 Å². The van der Waals surface area contributed by atoms with E-state index in [0.29, 0.717) is 71.1 Å². The predicted molar refractivity (Wildman–Crippen MR) is 170 cm³/mol. The van der Waals surface area contributed by atoms with Gasteiger partial charge >= 0.3 is 6.09 Å². The van der Waals surface area contributed by atoms with Crippen molar-refractivity contribution in [3.63, 3.8) is 0 Å². The number of ketones is 1. The van der Waals surface area contributed by atoms with Crippen molar-refractivity contribution >= 4 is 29.6 Å². The van der Waals surface area contributed by atoms with E-state index < -0.39 is 30.3 Å². The number of benzene rings is 2. The number of Topliss-reactive ketones (excluding diaryl/α,β-unsaturated/α-hetero) is 1. The summed E-state index contributed by atoms with van der Waals surface area (Å²) in [6, 6.07) is 14.0. The lowest BCUT2D eigenvalue weighted by molar-refractivity contribution is -0.151. The molecule has 46 heavy (non-hydrogen) atoms. The normalized spacial score (nSPS) is 25.6. The first kappa shape index (κ1) is 30.4. The summed E-state index contributed by atoms with van der Waals surface area (Å²) in [5.74, 6) is -0.675. The molecule has 4 amide bonds. The molecule has 0 saturated carbocycles. The second-order valence-corrected chi connectivity index (χ2v) is 13.3. The van der Waals surface area contributed by atoms with E-state index in [-0.39, 0.29) is 36.0 Å². The van der Waals surface area contributed by atoms with E-state index in [1.807, 2.05) is 24.3 Å². The first-order chi connectivity index (χ1) is 22.3. The van der Waals surface area contributed by atoms with Crippen LogP contribution in [-0.4, -0.2) is 106 Å². The molecule has 7 rings (SSSR count). The molecular formula is C36H42N4O6. The molecular weight excluding hydrogens is 584 g/mol. The maximum absolute atomic E-state index is 14.0. The Bertz CT molecular complexity index is 1510. The number of carbonyl (C=O) groups excluding carboxylic acids is 5. The predicted octanol–water partition coefficient (Wildman–Crippen LogP) is 3.96. The maximum atomic E-state index is 14.0. The minimum Gasteiger partial charge on any atom is -0.448 e. The highest BCUT2D eigenvalue weighted by atomic mass is 16.6. The van der Waals surface area contributed by atoms with Crippen molar-refractivity contribution in [1.29, 1.82) is 0 Å². The molecule has 0 N–H and O–H groups in total. The molecule has 10 nitrogen and oxygen atoms in total. The summed E-state index contributed by atoms with van der Waals surface area (Å²) in [7, 11) is 0. The van der Waals surface area contributed by atoms with Gasteiger partial charge in [0, 0.05) is 32.1 Å². The molecule has 2 aromatic carbocycles. The average Bonchev–Trinajstić information content (AvgIpc) is 3.91. The smallest absolute Gasteiger partial charge is 0.410 e. The van der Waals surface area contributed by atoms with Gasteiger partial charge in [-0.05, 0) is 80.5 Å². The quantitative estimate of drug-likeness (QED) is 0.481. The molecule has 1 aliphatic carbocycles. The fraction of sp³-hybridized carbons (Fsp3) is 0.528. The van der Waals surface area contributed by atoms with Gasteiger partial charge in [-0.2, -0.15) is 0 Å². The number of ether oxygens (including phenoxy) is 1. The highest BCUT2D eigenvalue weighted by molar-refractivity contribution is 5.96. The third-order valence-electron chi connectivity index (χ3n) is 10.8. The van der Waals surface area contributed by atoms with Crippen molar-refractivity contribution in [2.45, 2.75) is 88.4 Å². The van der Waals surface area contributed by atoms with Gasteiger partial charge in [0.15, 0.2) is 5.78 Å². The zero-order valence-corrected chi connectivity index (χ0v) is 26.4. The van der Waals surface area contributed by atoms with Crippen LogP contribution in [0.15, 0.2) is 48.5 Å². The SMILES string of the molecule is CC(=O)[C@@H]1CCCN1C(=O)[C@@H]1CCCN1C(=O)C1CCCN1C(=O)[C@@H]1CCCN1C(=O)OCC1c2ccccc2-c2ccccc21. The Hall–Kier alpha value is -4.21. The lowest BCUT2D eigenvalue weighted by atomic mass is 9.98. The van der Waals surface area contributed by atoms with Crippen LogP contribution in [0.2, 0.25) is 0 Å². The van der Waals surface area contributed by atoms with Crippen molar-refractivity contribution in [3.8, 4) is 11.1 Å². The van der Waals surface area contributed by atoms with Crippen molar-refractivity contribution in [3.05, 3.63) is 59.7 Å². The molecule has 4 saturated heterocycles. The van der Waals surface area contributed by atoms with Crippen LogP contribution >= 0.6 is 0 Å². The van der Waals surface area contributed by atoms with Gasteiger partial charge < -0.3 is 19.4 Å². The van der Waals surface area contributed by atoms with Crippen molar-refractivity contribution in [2.75, 3.05) is 32.8 Å². The molecule has 2 aromatic rings. The molecule has 4 atom stereocenters. The Morgan fingerprint density at radius 2 is 0.978 bits per heavy atom. The maximum Gasteiger partial charge on any atom is 0.410 e. The van der Waals surface area contributed by atoms with Crippen LogP contribution in [0.5, 0.6) is 0 Å². The largest absolute Gasteiger partial charge is 0.448 e. The molecule has 4 fully saturated rings. The third kappa shape index (κ3) is 5.25. The summed E-state index contributed by atoms with van der Waals surface area (Å²) in [6.45, 7) is 3.56. The van der Waals surface area contributed by atoms with Gasteiger partial charge in [-0.3, -0.25) is 24.1 Å². The van der Waals surface area contributed by atoms with E-state index in [1.54, 1.807) is 14.7 Å². The molecule has 0 radical (unpaired) electrons. The highest BCUT2D eigenvalue weighted by Gasteiger charge is 2.47. The number of hydrogen-bond donors (Lipinski definition) is 0. The number of nitrogens with zero attached hydrogens (tertiary/aromatic N) is 4. The van der Waals surface area contributed by atoms with E-state index in [4.69, 9.17) is 4.74 Å². The number of rotatable bonds is 6. The Morgan fingerprint density at radius 3 is 1.46 bits per heavy atom. The van der Waals surface area contributed by atoms with E-state index in [2.05, 4.69) is 24.3 Å². The third-order valence-corrected chi connectivity index (χ3v) is 10.8. The summed E-state index contributed by atoms with van der Waals surface area (Å²) in [5.41, 5.74) is 4.56. The van der Waals surface area contributed by atoms with E-state index in [1.165, 1.54) is 11.8 Å². The molecule has 242 valence electrons. The summed E-state index contributed by atoms with van der Waals surface area (Å²) >= 11 is 0. The molecule has 0 bridgehead atoms. The van der Waals surface area contributed by atoms with Gasteiger partial charge in [-0.1, -0.05) is 48.5 Å². The van der Waals surface area contributed by atoms with Crippen LogP contribution in [0.3, 0.4) is 0 Å². The van der Waals surface area contributed by atoms with Crippen LogP contribution in [-0.2, 0) is 23.9 Å². The minimum absolute atomic E-state index is 0.0215. The molecule has 0 spiro atoms. The van der Waals surface area contributed by atoms with Gasteiger partial charge in [-0.25, -0.2) is 4.79 Å². The summed E-state index contributed by atoms with van der Waals surface area (Å²) < 4.78 is 5.91. The summed E-state index contributed by atoms with van der Waals surface area (Å²) in [5, 5.41) is 0. The van der Waals surface area contributed by atoms with Gasteiger partial charge in [0.1, 0.15) is 24.7 Å². The van der Waals surface area contributed by atoms with Crippen molar-refractivity contribution in [1.82, 2.24) is 19.6 Å². The van der Waals surface area contributed by atoms with Crippen LogP contribution in [0.25, 0.3) is 11.1 Å². The zero-order valence-electron chi connectivity index (χ0n) is 26.4. The van der Waals surface area contributed by atoms with E-state index in [9.17, 15) is 24.0 Å². The molecule has 0 aromatic heterocycles. The Labute approximate surface area is 269 Å². The Morgan fingerprint density at radius 1 is 0.587 bits per heavy atom. The van der Waals surface area contributed by atoms with E-state index in [0.717, 1.165) is 28.7 Å². The molecule has 4 heterocycles. The second-order valence-electron chi connectivity index (χ2n) is 13.3. The lowest BCUT2D eigenvalue weighted by Gasteiger charge is -2.35. The topological polar surface area (TPSA) is 108 Å². The van der Waals surface area contributed by atoms with E-state index >= 15 is 0 Å². The van der Waals surface area contributed by atoms with Crippen molar-refractivity contribution < 1.29 is 28.7 Å². The average molecular weight is 627 g/mol. The Balaban J connectivity index is 1.01. The fourth-order valence-electron chi connectivity index (χ4n) is 8.52. The zero-order chi connectivity index (χ0) is 31.9. The first-order valence-electron chi connectivity index (χ1n) is 16.9. The molecule has 10 heteroatoms. The van der Waals surface area contributed by atoms with Crippen LogP contribution < -0.4 is 0 Å². The fourth-order valence-corrected chi connectivity index (χ4v) is 8.52. The van der Waals surface area contributed by atoms with Gasteiger partial charge in [-0.15, -0.1) is 0 Å². The molecule has 4 aliphatic heterocycles. The number of amides is 4. The first-order valence-corrected chi connectivity index (χ1v) is 16.9. The molecule has 1 unspecified atom stereocenters. The van der Waals surface area contributed by atoms with Gasteiger partial charge in [0.25, 0.3) is 0 Å². The summed E-state index contributed by atoms with van der Waals surface area (Å²) in [4.78, 5) is 73.7. The number of hydrogen-bond acceptors (Lipinski definition) is 6. The minimum atomic E-state index is -0.680. The standard InChI is InChI=1S/C36H42N4O6/c1-23(41)29-14-6-18-37(29)33(42)30-15-7-19-38(30)34(43)31-16-8-20-39(31)35(44)32-17-9-21-40(32)36(45)46-22-28-26-12-4-2-10-24(26)25-11-3-5-13-27(25)28/h2-5,10-13,28-32H,6-9,14-22H2,1H3/t29-,30-,31?,32-/m0/s1. The number of carbonyl (C=O) groups is 5. The second kappa shape index (κ2) is 12.5.